The molecule has 1 atom stereocenters. The van der Waals surface area contributed by atoms with Crippen molar-refractivity contribution in [2.45, 2.75) is 17.6 Å². The Balaban J connectivity index is 3.30. The summed E-state index contributed by atoms with van der Waals surface area (Å²) < 4.78 is 33.4. The van der Waals surface area contributed by atoms with Crippen LogP contribution >= 0.6 is 10.7 Å². The molecular formula is C9H11ClO3S2. The summed E-state index contributed by atoms with van der Waals surface area (Å²) in [5.74, 6) is 0.339. The van der Waals surface area contributed by atoms with E-state index in [1.54, 1.807) is 25.3 Å². The largest absolute Gasteiger partial charge is 0.261 e. The topological polar surface area (TPSA) is 51.2 Å². The zero-order chi connectivity index (χ0) is 11.6. The summed E-state index contributed by atoms with van der Waals surface area (Å²) in [6, 6.07) is 4.80. The van der Waals surface area contributed by atoms with Gasteiger partial charge >= 0.3 is 0 Å². The van der Waals surface area contributed by atoms with Crippen LogP contribution < -0.4 is 0 Å². The highest BCUT2D eigenvalue weighted by molar-refractivity contribution is 8.13. The molecule has 0 aliphatic carbocycles. The molecule has 0 spiro atoms. The van der Waals surface area contributed by atoms with Gasteiger partial charge in [-0.1, -0.05) is 12.1 Å². The Hall–Kier alpha value is -0.390. The van der Waals surface area contributed by atoms with Crippen LogP contribution in [0, 0.1) is 6.92 Å². The lowest BCUT2D eigenvalue weighted by Gasteiger charge is -2.07. The fourth-order valence-corrected chi connectivity index (χ4v) is 3.29. The van der Waals surface area contributed by atoms with Crippen LogP contribution in [0.5, 0.6) is 0 Å². The Morgan fingerprint density at radius 1 is 1.40 bits per heavy atom. The number of benzene rings is 1. The third-order valence-corrected chi connectivity index (χ3v) is 4.20. The highest BCUT2D eigenvalue weighted by Gasteiger charge is 2.15. The van der Waals surface area contributed by atoms with Crippen LogP contribution in [-0.2, 0) is 25.6 Å². The highest BCUT2D eigenvalue weighted by Crippen LogP contribution is 2.22. The van der Waals surface area contributed by atoms with Gasteiger partial charge in [-0.25, -0.2) is 8.42 Å². The molecule has 84 valence electrons. The van der Waals surface area contributed by atoms with E-state index in [4.69, 9.17) is 10.7 Å². The molecular weight excluding hydrogens is 256 g/mol. The molecule has 1 aromatic carbocycles. The van der Waals surface area contributed by atoms with Crippen molar-refractivity contribution in [2.24, 2.45) is 0 Å². The zero-order valence-electron chi connectivity index (χ0n) is 8.36. The van der Waals surface area contributed by atoms with E-state index >= 15 is 0 Å². The molecule has 0 bridgehead atoms. The first kappa shape index (κ1) is 12.7. The lowest BCUT2D eigenvalue weighted by atomic mass is 10.1. The quantitative estimate of drug-likeness (QED) is 0.784. The monoisotopic (exact) mass is 266 g/mol. The second-order valence-corrected chi connectivity index (χ2v) is 7.17. The number of hydrogen-bond donors (Lipinski definition) is 0. The van der Waals surface area contributed by atoms with Crippen molar-refractivity contribution in [3.8, 4) is 0 Å². The van der Waals surface area contributed by atoms with E-state index in [2.05, 4.69) is 0 Å². The van der Waals surface area contributed by atoms with Crippen LogP contribution in [0.2, 0.25) is 0 Å². The van der Waals surface area contributed by atoms with Gasteiger partial charge in [0, 0.05) is 33.5 Å². The number of halogens is 1. The van der Waals surface area contributed by atoms with E-state index in [0.717, 1.165) is 5.56 Å². The molecule has 0 radical (unpaired) electrons. The molecule has 0 saturated carbocycles. The van der Waals surface area contributed by atoms with Crippen molar-refractivity contribution < 1.29 is 12.6 Å². The average molecular weight is 267 g/mol. The maximum absolute atomic E-state index is 11.2. The Kier molecular flexibility index (Phi) is 3.92. The van der Waals surface area contributed by atoms with Crippen LogP contribution in [0.1, 0.15) is 11.1 Å². The predicted octanol–water partition coefficient (Wildman–Crippen LogP) is 1.80. The van der Waals surface area contributed by atoms with Gasteiger partial charge in [0.05, 0.1) is 4.90 Å². The van der Waals surface area contributed by atoms with E-state index in [0.29, 0.717) is 11.3 Å². The van der Waals surface area contributed by atoms with Crippen molar-refractivity contribution in [3.05, 3.63) is 29.3 Å². The maximum Gasteiger partial charge on any atom is 0.261 e. The first-order valence-corrected chi connectivity index (χ1v) is 8.19. The minimum Gasteiger partial charge on any atom is -0.260 e. The summed E-state index contributed by atoms with van der Waals surface area (Å²) in [7, 11) is 0.550. The Morgan fingerprint density at radius 2 is 2.00 bits per heavy atom. The predicted molar refractivity (Wildman–Crippen MR) is 62.0 cm³/mol. The van der Waals surface area contributed by atoms with Crippen LogP contribution in [0.3, 0.4) is 0 Å². The Labute approximate surface area is 96.3 Å². The first-order chi connectivity index (χ1) is 6.82. The van der Waals surface area contributed by atoms with Crippen molar-refractivity contribution in [2.75, 3.05) is 6.26 Å². The van der Waals surface area contributed by atoms with Gasteiger partial charge < -0.3 is 0 Å². The van der Waals surface area contributed by atoms with E-state index in [-0.39, 0.29) is 4.90 Å². The molecule has 1 rings (SSSR count). The molecule has 0 amide bonds. The maximum atomic E-state index is 11.2. The van der Waals surface area contributed by atoms with Crippen LogP contribution in [0.15, 0.2) is 23.1 Å². The lowest BCUT2D eigenvalue weighted by Crippen LogP contribution is -2.01. The van der Waals surface area contributed by atoms with Gasteiger partial charge in [-0.3, -0.25) is 4.21 Å². The molecule has 1 unspecified atom stereocenters. The molecule has 1 aromatic rings. The van der Waals surface area contributed by atoms with Gasteiger partial charge in [-0.15, -0.1) is 0 Å². The standard InChI is InChI=1S/C9H11ClO3S2/c1-7-8(6-14(2)11)4-3-5-9(7)15(10,12)13/h3-5H,6H2,1-2H3. The average Bonchev–Trinajstić information content (AvgIpc) is 2.05. The molecule has 0 aliphatic heterocycles. The van der Waals surface area contributed by atoms with E-state index in [9.17, 15) is 12.6 Å². The van der Waals surface area contributed by atoms with Gasteiger partial charge in [0.25, 0.3) is 9.05 Å². The van der Waals surface area contributed by atoms with Gasteiger partial charge in [-0.2, -0.15) is 0 Å². The second kappa shape index (κ2) is 4.63. The van der Waals surface area contributed by atoms with E-state index in [1.807, 2.05) is 0 Å². The van der Waals surface area contributed by atoms with Crippen molar-refractivity contribution >= 4 is 30.5 Å². The summed E-state index contributed by atoms with van der Waals surface area (Å²) in [5, 5.41) is 0. The smallest absolute Gasteiger partial charge is 0.260 e. The lowest BCUT2D eigenvalue weighted by molar-refractivity contribution is 0.609. The minimum atomic E-state index is -3.72. The van der Waals surface area contributed by atoms with Crippen LogP contribution in [0.4, 0.5) is 0 Å². The molecule has 0 aromatic heterocycles. The van der Waals surface area contributed by atoms with Crippen molar-refractivity contribution in [3.63, 3.8) is 0 Å². The molecule has 0 saturated heterocycles. The highest BCUT2D eigenvalue weighted by atomic mass is 35.7. The van der Waals surface area contributed by atoms with Gasteiger partial charge in [0.15, 0.2) is 0 Å². The van der Waals surface area contributed by atoms with Gasteiger partial charge in [-0.05, 0) is 24.1 Å². The van der Waals surface area contributed by atoms with Crippen molar-refractivity contribution in [1.82, 2.24) is 0 Å². The first-order valence-electron chi connectivity index (χ1n) is 4.15. The summed E-state index contributed by atoms with van der Waals surface area (Å²) in [5.41, 5.74) is 1.32. The molecule has 0 fully saturated rings. The third kappa shape index (κ3) is 3.29. The molecule has 6 heteroatoms. The summed E-state index contributed by atoms with van der Waals surface area (Å²) >= 11 is 0. The van der Waals surface area contributed by atoms with Crippen LogP contribution in [0.25, 0.3) is 0 Å². The Bertz CT molecular complexity index is 494. The fourth-order valence-electron chi connectivity index (χ4n) is 1.30. The fraction of sp³-hybridized carbons (Fsp3) is 0.333. The van der Waals surface area contributed by atoms with Crippen molar-refractivity contribution in [1.29, 1.82) is 0 Å². The van der Waals surface area contributed by atoms with E-state index in [1.165, 1.54) is 6.07 Å². The molecule has 0 heterocycles. The minimum absolute atomic E-state index is 0.0899. The summed E-state index contributed by atoms with van der Waals surface area (Å²) in [6.45, 7) is 1.66. The summed E-state index contributed by atoms with van der Waals surface area (Å²) in [6.07, 6.45) is 1.57. The molecule has 0 N–H and O–H groups in total. The molecule has 3 nitrogen and oxygen atoms in total. The van der Waals surface area contributed by atoms with E-state index < -0.39 is 19.9 Å². The summed E-state index contributed by atoms with van der Waals surface area (Å²) in [4.78, 5) is 0.0899. The zero-order valence-corrected chi connectivity index (χ0v) is 10.7. The number of hydrogen-bond acceptors (Lipinski definition) is 3. The molecule has 0 aliphatic rings. The van der Waals surface area contributed by atoms with Crippen LogP contribution in [-0.4, -0.2) is 18.9 Å². The number of rotatable bonds is 3. The normalized spacial score (nSPS) is 13.8. The van der Waals surface area contributed by atoms with Gasteiger partial charge in [0.1, 0.15) is 0 Å². The van der Waals surface area contributed by atoms with Gasteiger partial charge in [0.2, 0.25) is 0 Å². The molecule has 15 heavy (non-hydrogen) atoms. The second-order valence-electron chi connectivity index (χ2n) is 3.20. The SMILES string of the molecule is Cc1c(CS(C)=O)cccc1S(=O)(=O)Cl. The Morgan fingerprint density at radius 3 is 2.47 bits per heavy atom. The third-order valence-electron chi connectivity index (χ3n) is 2.02.